The van der Waals surface area contributed by atoms with Crippen LogP contribution in [0.1, 0.15) is 48.6 Å². The second-order valence-electron chi connectivity index (χ2n) is 21.2. The van der Waals surface area contributed by atoms with Crippen LogP contribution in [0, 0.1) is 0 Å². The molecule has 344 valence electrons. The van der Waals surface area contributed by atoms with E-state index in [2.05, 4.69) is 255 Å². The monoisotopic (exact) mass is 934 g/mol. The highest BCUT2D eigenvalue weighted by atomic mass is 16.3. The first-order chi connectivity index (χ1) is 35.8. The lowest BCUT2D eigenvalue weighted by Crippen LogP contribution is -2.29. The lowest BCUT2D eigenvalue weighted by Gasteiger charge is -2.37. The first-order valence-electron chi connectivity index (χ1n) is 25.4. The summed E-state index contributed by atoms with van der Waals surface area (Å²) < 4.78 is 14.1. The Balaban J connectivity index is 1.13. The van der Waals surface area contributed by atoms with Crippen molar-refractivity contribution in [1.82, 2.24) is 0 Å². The highest BCUT2D eigenvalue weighted by Crippen LogP contribution is 2.59. The molecule has 1 spiro atoms. The van der Waals surface area contributed by atoms with Gasteiger partial charge in [-0.1, -0.05) is 191 Å². The Kier molecular flexibility index (Phi) is 8.06. The van der Waals surface area contributed by atoms with Crippen molar-refractivity contribution in [3.05, 3.63) is 252 Å². The van der Waals surface area contributed by atoms with Crippen LogP contribution in [0.3, 0.4) is 0 Å². The van der Waals surface area contributed by atoms with Gasteiger partial charge in [-0.2, -0.15) is 0 Å². The number of rotatable bonds is 2. The van der Waals surface area contributed by atoms with E-state index >= 15 is 0 Å². The van der Waals surface area contributed by atoms with Gasteiger partial charge in [0, 0.05) is 49.1 Å². The van der Waals surface area contributed by atoms with E-state index < -0.39 is 5.41 Å². The fourth-order valence-electron chi connectivity index (χ4n) is 13.1. The lowest BCUT2D eigenvalue weighted by molar-refractivity contribution is 0.591. The molecular weight excluding hydrogens is 889 g/mol. The highest BCUT2D eigenvalue weighted by Gasteiger charge is 2.47. The van der Waals surface area contributed by atoms with Gasteiger partial charge in [0.05, 0.1) is 28.2 Å². The van der Waals surface area contributed by atoms with Gasteiger partial charge in [-0.3, -0.25) is 0 Å². The molecule has 0 saturated carbocycles. The Morgan fingerprint density at radius 2 is 0.808 bits per heavy atom. The van der Waals surface area contributed by atoms with Gasteiger partial charge in [0.25, 0.3) is 0 Å². The van der Waals surface area contributed by atoms with Crippen molar-refractivity contribution in [3.8, 4) is 11.1 Å². The lowest BCUT2D eigenvalue weighted by atomic mass is 9.67. The third kappa shape index (κ3) is 5.45. The van der Waals surface area contributed by atoms with Gasteiger partial charge in [-0.15, -0.1) is 0 Å². The van der Waals surface area contributed by atoms with Crippen LogP contribution in [0.5, 0.6) is 0 Å². The van der Waals surface area contributed by atoms with Crippen LogP contribution in [0.15, 0.2) is 233 Å². The largest absolute Gasteiger partial charge is 0.454 e. The molecule has 3 heterocycles. The van der Waals surface area contributed by atoms with E-state index in [1.165, 1.54) is 60.5 Å². The Morgan fingerprint density at radius 1 is 0.356 bits per heavy atom. The van der Waals surface area contributed by atoms with E-state index in [-0.39, 0.29) is 5.41 Å². The minimum Gasteiger partial charge on any atom is -0.454 e. The molecule has 6 bridgehead atoms. The number of anilines is 6. The number of para-hydroxylation sites is 4. The molecule has 4 nitrogen and oxygen atoms in total. The summed E-state index contributed by atoms with van der Waals surface area (Å²) in [5.74, 6) is 0. The second-order valence-corrected chi connectivity index (χ2v) is 21.2. The molecule has 4 heteroatoms. The van der Waals surface area contributed by atoms with E-state index in [9.17, 15) is 0 Å². The maximum atomic E-state index is 7.05. The van der Waals surface area contributed by atoms with E-state index in [1.54, 1.807) is 0 Å². The van der Waals surface area contributed by atoms with Crippen molar-refractivity contribution in [1.29, 1.82) is 0 Å². The Labute approximate surface area is 421 Å². The standard InChI is InChI=1S/C69H46N2O2/c1-68(2,3)45-36-41-32-34-54-60-40-61(55-35-33-42(37-45)64(41)65(54)55)71(59-29-15-25-53-51-23-7-11-31-63(51)73-67(53)59)47-19-13-17-44(39-47)69(56-26-8-4-20-48(56)49-21-5-9-27-57(49)69)43-16-12-18-46(38-43)70(60)58-28-14-24-52-50-22-6-10-30-62(50)72-66(52)58/h4-40H,1-3H3. The molecule has 2 aliphatic rings. The smallest absolute Gasteiger partial charge is 0.159 e. The molecule has 73 heavy (non-hydrogen) atoms. The number of hydrogen-bond donors (Lipinski definition) is 0. The normalized spacial score (nSPS) is 14.0. The summed E-state index contributed by atoms with van der Waals surface area (Å²) in [6.07, 6.45) is 0. The maximum absolute atomic E-state index is 7.05. The Morgan fingerprint density at radius 3 is 1.32 bits per heavy atom. The molecule has 1 aliphatic carbocycles. The van der Waals surface area contributed by atoms with Gasteiger partial charge < -0.3 is 18.6 Å². The molecule has 0 unspecified atom stereocenters. The van der Waals surface area contributed by atoms with Gasteiger partial charge >= 0.3 is 0 Å². The minimum atomic E-state index is -0.688. The van der Waals surface area contributed by atoms with Crippen molar-refractivity contribution >= 4 is 110 Å². The first-order valence-corrected chi connectivity index (χ1v) is 25.4. The predicted octanol–water partition coefficient (Wildman–Crippen LogP) is 19.3. The summed E-state index contributed by atoms with van der Waals surface area (Å²) in [5.41, 5.74) is 17.4. The Hall–Kier alpha value is -9.12. The van der Waals surface area contributed by atoms with Crippen LogP contribution in [0.4, 0.5) is 34.1 Å². The SMILES string of the molecule is CC(C)(C)c1cc2ccc3c4cc(c5ccc(c1)c2c35)N(c1cccc2c1oc1ccccc12)c1cccc(c1)C1(c2cccc(c2)N4c2cccc3c2oc2ccccc23)c2ccccc2-c2ccccc21. The molecule has 0 radical (unpaired) electrons. The molecule has 0 amide bonds. The zero-order valence-corrected chi connectivity index (χ0v) is 40.6. The predicted molar refractivity (Wildman–Crippen MR) is 304 cm³/mol. The molecule has 14 aromatic rings. The van der Waals surface area contributed by atoms with Gasteiger partial charge in [0.2, 0.25) is 0 Å². The summed E-state index contributed by atoms with van der Waals surface area (Å²) in [6, 6.07) is 83.5. The first kappa shape index (κ1) is 40.6. The molecule has 0 fully saturated rings. The summed E-state index contributed by atoms with van der Waals surface area (Å²) in [7, 11) is 0. The van der Waals surface area contributed by atoms with Crippen molar-refractivity contribution in [3.63, 3.8) is 0 Å². The van der Waals surface area contributed by atoms with Crippen molar-refractivity contribution in [2.75, 3.05) is 9.80 Å². The van der Waals surface area contributed by atoms with E-state index in [1.807, 2.05) is 0 Å². The van der Waals surface area contributed by atoms with Crippen LogP contribution in [0.25, 0.3) is 87.3 Å². The molecule has 16 rings (SSSR count). The third-order valence-corrected chi connectivity index (χ3v) is 16.3. The minimum absolute atomic E-state index is 0.0353. The van der Waals surface area contributed by atoms with E-state index in [0.29, 0.717) is 0 Å². The van der Waals surface area contributed by atoms with Crippen LogP contribution < -0.4 is 9.80 Å². The van der Waals surface area contributed by atoms with Crippen molar-refractivity contribution < 1.29 is 8.83 Å². The van der Waals surface area contributed by atoms with E-state index in [0.717, 1.165) is 88.8 Å². The van der Waals surface area contributed by atoms with Crippen molar-refractivity contribution in [2.45, 2.75) is 31.6 Å². The summed E-state index contributed by atoms with van der Waals surface area (Å²) >= 11 is 0. The summed E-state index contributed by atoms with van der Waals surface area (Å²) in [4.78, 5) is 4.97. The molecule has 1 aliphatic heterocycles. The maximum Gasteiger partial charge on any atom is 0.159 e. The average molecular weight is 935 g/mol. The zero-order chi connectivity index (χ0) is 48.3. The van der Waals surface area contributed by atoms with Crippen LogP contribution >= 0.6 is 0 Å². The molecule has 12 aromatic carbocycles. The number of fused-ring (bicyclic) bond motifs is 21. The molecule has 0 atom stereocenters. The number of furan rings is 2. The fourth-order valence-corrected chi connectivity index (χ4v) is 13.1. The van der Waals surface area contributed by atoms with Crippen LogP contribution in [-0.2, 0) is 10.8 Å². The van der Waals surface area contributed by atoms with Crippen LogP contribution in [-0.4, -0.2) is 0 Å². The number of benzene rings is 12. The summed E-state index contributed by atoms with van der Waals surface area (Å²) in [5, 5.41) is 11.6. The van der Waals surface area contributed by atoms with Gasteiger partial charge in [-0.25, -0.2) is 0 Å². The summed E-state index contributed by atoms with van der Waals surface area (Å²) in [6.45, 7) is 6.92. The molecule has 2 aromatic heterocycles. The molecule has 0 saturated heterocycles. The second kappa shape index (κ2) is 14.5. The fraction of sp³-hybridized carbons (Fsp3) is 0.0725. The molecular formula is C69H46N2O2. The molecule has 0 N–H and O–H groups in total. The highest BCUT2D eigenvalue weighted by molar-refractivity contribution is 6.30. The van der Waals surface area contributed by atoms with Crippen LogP contribution in [0.2, 0.25) is 0 Å². The van der Waals surface area contributed by atoms with Gasteiger partial charge in [-0.05, 0) is 115 Å². The Bertz CT molecular complexity index is 4360. The average Bonchev–Trinajstić information content (AvgIpc) is 4.10. The van der Waals surface area contributed by atoms with Gasteiger partial charge in [0.1, 0.15) is 11.2 Å². The third-order valence-electron chi connectivity index (χ3n) is 16.3. The topological polar surface area (TPSA) is 32.8 Å². The van der Waals surface area contributed by atoms with Gasteiger partial charge in [0.15, 0.2) is 11.2 Å². The van der Waals surface area contributed by atoms with E-state index in [4.69, 9.17) is 8.83 Å². The van der Waals surface area contributed by atoms with Crippen molar-refractivity contribution in [2.24, 2.45) is 0 Å². The number of nitrogens with zero attached hydrogens (tertiary/aromatic N) is 2. The quantitative estimate of drug-likeness (QED) is 0.162. The number of hydrogen-bond acceptors (Lipinski definition) is 4. The zero-order valence-electron chi connectivity index (χ0n) is 40.6.